The zero-order valence-corrected chi connectivity index (χ0v) is 9.50. The Labute approximate surface area is 89.7 Å². The number of piperidine rings is 1. The maximum absolute atomic E-state index is 8.62. The standard InChI is InChI=1S/C9H17NOS2/c11-7-4-8-13-9(12)10-5-2-1-3-6-10/h11H,1-8H2. The quantitative estimate of drug-likeness (QED) is 0.578. The van der Waals surface area contributed by atoms with Crippen molar-refractivity contribution in [3.8, 4) is 0 Å². The Balaban J connectivity index is 2.13. The lowest BCUT2D eigenvalue weighted by Crippen LogP contribution is -2.32. The zero-order valence-electron chi connectivity index (χ0n) is 7.87. The summed E-state index contributed by atoms with van der Waals surface area (Å²) in [5.74, 6) is 0.950. The average molecular weight is 219 g/mol. The van der Waals surface area contributed by atoms with Crippen molar-refractivity contribution in [3.63, 3.8) is 0 Å². The van der Waals surface area contributed by atoms with E-state index < -0.39 is 0 Å². The van der Waals surface area contributed by atoms with Crippen LogP contribution in [0.3, 0.4) is 0 Å². The number of thioether (sulfide) groups is 1. The highest BCUT2D eigenvalue weighted by Crippen LogP contribution is 2.16. The molecule has 0 aliphatic carbocycles. The molecule has 1 saturated heterocycles. The Morgan fingerprint density at radius 1 is 1.31 bits per heavy atom. The first kappa shape index (κ1) is 11.3. The van der Waals surface area contributed by atoms with E-state index in [-0.39, 0.29) is 6.61 Å². The van der Waals surface area contributed by atoms with Crippen LogP contribution in [-0.4, -0.2) is 39.8 Å². The highest BCUT2D eigenvalue weighted by molar-refractivity contribution is 8.22. The first-order chi connectivity index (χ1) is 6.34. The maximum Gasteiger partial charge on any atom is 0.136 e. The Morgan fingerprint density at radius 3 is 2.62 bits per heavy atom. The predicted molar refractivity (Wildman–Crippen MR) is 62.2 cm³/mol. The summed E-state index contributed by atoms with van der Waals surface area (Å²) in [4.78, 5) is 2.29. The molecule has 0 aromatic heterocycles. The summed E-state index contributed by atoms with van der Waals surface area (Å²) >= 11 is 7.00. The third kappa shape index (κ3) is 4.29. The molecule has 13 heavy (non-hydrogen) atoms. The van der Waals surface area contributed by atoms with Crippen LogP contribution in [-0.2, 0) is 0 Å². The number of thiocarbonyl (C=S) groups is 1. The van der Waals surface area contributed by atoms with Gasteiger partial charge in [-0.25, -0.2) is 0 Å². The van der Waals surface area contributed by atoms with Crippen LogP contribution in [0.25, 0.3) is 0 Å². The van der Waals surface area contributed by atoms with Crippen LogP contribution in [0, 0.1) is 0 Å². The molecule has 0 unspecified atom stereocenters. The molecule has 1 aliphatic rings. The number of hydrogen-bond acceptors (Lipinski definition) is 3. The molecule has 0 saturated carbocycles. The fourth-order valence-corrected chi connectivity index (χ4v) is 2.64. The minimum absolute atomic E-state index is 0.273. The average Bonchev–Trinajstić information content (AvgIpc) is 2.19. The lowest BCUT2D eigenvalue weighted by molar-refractivity contribution is 0.296. The summed E-state index contributed by atoms with van der Waals surface area (Å²) in [6.45, 7) is 2.53. The first-order valence-electron chi connectivity index (χ1n) is 4.87. The van der Waals surface area contributed by atoms with Crippen LogP contribution in [0.5, 0.6) is 0 Å². The van der Waals surface area contributed by atoms with Crippen LogP contribution < -0.4 is 0 Å². The number of nitrogens with zero attached hydrogens (tertiary/aromatic N) is 1. The molecular formula is C9H17NOS2. The molecule has 0 bridgehead atoms. The Bertz CT molecular complexity index is 158. The van der Waals surface area contributed by atoms with Crippen molar-refractivity contribution in [2.24, 2.45) is 0 Å². The molecule has 0 aromatic rings. The molecule has 1 rings (SSSR count). The molecule has 2 nitrogen and oxygen atoms in total. The molecular weight excluding hydrogens is 202 g/mol. The van der Waals surface area contributed by atoms with Gasteiger partial charge in [0.2, 0.25) is 0 Å². The second-order valence-electron chi connectivity index (χ2n) is 3.24. The second kappa shape index (κ2) is 6.62. The molecule has 76 valence electrons. The van der Waals surface area contributed by atoms with E-state index in [2.05, 4.69) is 4.90 Å². The van der Waals surface area contributed by atoms with Crippen LogP contribution in [0.4, 0.5) is 0 Å². The van der Waals surface area contributed by atoms with Gasteiger partial charge in [-0.1, -0.05) is 24.0 Å². The van der Waals surface area contributed by atoms with Gasteiger partial charge in [-0.05, 0) is 25.7 Å². The molecule has 0 aromatic carbocycles. The first-order valence-corrected chi connectivity index (χ1v) is 6.26. The summed E-state index contributed by atoms with van der Waals surface area (Å²) in [6, 6.07) is 0. The van der Waals surface area contributed by atoms with Gasteiger partial charge < -0.3 is 10.0 Å². The largest absolute Gasteiger partial charge is 0.396 e. The lowest BCUT2D eigenvalue weighted by atomic mass is 10.1. The predicted octanol–water partition coefficient (Wildman–Crippen LogP) is 1.87. The number of rotatable bonds is 3. The fraction of sp³-hybridized carbons (Fsp3) is 0.889. The third-order valence-electron chi connectivity index (χ3n) is 2.14. The highest BCUT2D eigenvalue weighted by Gasteiger charge is 2.12. The summed E-state index contributed by atoms with van der Waals surface area (Å²) in [7, 11) is 0. The molecule has 4 heteroatoms. The van der Waals surface area contributed by atoms with Crippen LogP contribution >= 0.6 is 24.0 Å². The van der Waals surface area contributed by atoms with Crippen molar-refractivity contribution in [1.29, 1.82) is 0 Å². The number of hydrogen-bond donors (Lipinski definition) is 1. The third-order valence-corrected chi connectivity index (χ3v) is 3.75. The van der Waals surface area contributed by atoms with Crippen molar-refractivity contribution in [3.05, 3.63) is 0 Å². The molecule has 0 amide bonds. The van der Waals surface area contributed by atoms with E-state index in [4.69, 9.17) is 17.3 Å². The van der Waals surface area contributed by atoms with E-state index in [1.807, 2.05) is 0 Å². The van der Waals surface area contributed by atoms with Gasteiger partial charge >= 0.3 is 0 Å². The number of aliphatic hydroxyl groups excluding tert-OH is 1. The van der Waals surface area contributed by atoms with Gasteiger partial charge in [0.15, 0.2) is 0 Å². The zero-order chi connectivity index (χ0) is 9.52. The van der Waals surface area contributed by atoms with Crippen molar-refractivity contribution >= 4 is 28.3 Å². The van der Waals surface area contributed by atoms with Gasteiger partial charge in [0.05, 0.1) is 0 Å². The SMILES string of the molecule is OCCCSC(=S)N1CCCCC1. The van der Waals surface area contributed by atoms with Gasteiger partial charge in [-0.2, -0.15) is 0 Å². The number of aliphatic hydroxyl groups is 1. The molecule has 0 radical (unpaired) electrons. The normalized spacial score (nSPS) is 17.5. The summed E-state index contributed by atoms with van der Waals surface area (Å²) < 4.78 is 1.02. The maximum atomic E-state index is 8.62. The van der Waals surface area contributed by atoms with Crippen molar-refractivity contribution in [1.82, 2.24) is 4.90 Å². The Hall–Kier alpha value is 0.200. The smallest absolute Gasteiger partial charge is 0.136 e. The van der Waals surface area contributed by atoms with E-state index in [1.54, 1.807) is 11.8 Å². The van der Waals surface area contributed by atoms with E-state index in [0.717, 1.165) is 29.6 Å². The molecule has 1 fully saturated rings. The van der Waals surface area contributed by atoms with Crippen molar-refractivity contribution in [2.45, 2.75) is 25.7 Å². The topological polar surface area (TPSA) is 23.5 Å². The van der Waals surface area contributed by atoms with Gasteiger partial charge in [0, 0.05) is 25.4 Å². The summed E-state index contributed by atoms with van der Waals surface area (Å²) in [6.07, 6.45) is 4.75. The molecule has 1 aliphatic heterocycles. The Kier molecular flexibility index (Phi) is 5.75. The van der Waals surface area contributed by atoms with Crippen LogP contribution in [0.1, 0.15) is 25.7 Å². The van der Waals surface area contributed by atoms with E-state index >= 15 is 0 Å². The minimum atomic E-state index is 0.273. The fourth-order valence-electron chi connectivity index (χ4n) is 1.39. The summed E-state index contributed by atoms with van der Waals surface area (Å²) in [5, 5.41) is 8.62. The molecule has 0 atom stereocenters. The van der Waals surface area contributed by atoms with E-state index in [9.17, 15) is 0 Å². The van der Waals surface area contributed by atoms with Gasteiger partial charge in [-0.3, -0.25) is 0 Å². The van der Waals surface area contributed by atoms with Crippen molar-refractivity contribution < 1.29 is 5.11 Å². The second-order valence-corrected chi connectivity index (χ2v) is 4.97. The highest BCUT2D eigenvalue weighted by atomic mass is 32.2. The molecule has 1 heterocycles. The molecule has 0 spiro atoms. The molecule has 1 N–H and O–H groups in total. The van der Waals surface area contributed by atoms with Gasteiger partial charge in [0.25, 0.3) is 0 Å². The van der Waals surface area contributed by atoms with E-state index in [1.165, 1.54) is 19.3 Å². The monoisotopic (exact) mass is 219 g/mol. The Morgan fingerprint density at radius 2 is 2.00 bits per heavy atom. The van der Waals surface area contributed by atoms with Gasteiger partial charge in [0.1, 0.15) is 4.32 Å². The van der Waals surface area contributed by atoms with Crippen LogP contribution in [0.2, 0.25) is 0 Å². The lowest BCUT2D eigenvalue weighted by Gasteiger charge is -2.28. The van der Waals surface area contributed by atoms with Crippen LogP contribution in [0.15, 0.2) is 0 Å². The van der Waals surface area contributed by atoms with Gasteiger partial charge in [-0.15, -0.1) is 0 Å². The summed E-state index contributed by atoms with van der Waals surface area (Å²) in [5.41, 5.74) is 0. The minimum Gasteiger partial charge on any atom is -0.396 e. The number of likely N-dealkylation sites (tertiary alicyclic amines) is 1. The van der Waals surface area contributed by atoms with E-state index in [0.29, 0.717) is 0 Å². The van der Waals surface area contributed by atoms with Crippen molar-refractivity contribution in [2.75, 3.05) is 25.4 Å².